The minimum atomic E-state index is -0.226. The average molecular weight is 290 g/mol. The average Bonchev–Trinajstić information content (AvgIpc) is 2.66. The molecule has 4 fully saturated rings. The lowest BCUT2D eigenvalue weighted by atomic mass is 9.48. The van der Waals surface area contributed by atoms with Crippen molar-refractivity contribution in [3.63, 3.8) is 0 Å². The van der Waals surface area contributed by atoms with E-state index in [2.05, 4.69) is 19.9 Å². The van der Waals surface area contributed by atoms with Crippen LogP contribution in [0.15, 0.2) is 6.07 Å². The second-order valence-corrected chi connectivity index (χ2v) is 9.47. The zero-order chi connectivity index (χ0) is 13.9. The van der Waals surface area contributed by atoms with Crippen LogP contribution in [0.25, 0.3) is 0 Å². The van der Waals surface area contributed by atoms with E-state index in [0.717, 1.165) is 24.2 Å². The van der Waals surface area contributed by atoms with Crippen molar-refractivity contribution in [2.24, 2.45) is 23.2 Å². The van der Waals surface area contributed by atoms with Gasteiger partial charge in [-0.1, -0.05) is 0 Å². The summed E-state index contributed by atoms with van der Waals surface area (Å²) in [4.78, 5) is 2.65. The maximum Gasteiger partial charge on any atom is 0.0806 e. The summed E-state index contributed by atoms with van der Waals surface area (Å²) in [6, 6.07) is 2.21. The van der Waals surface area contributed by atoms with E-state index in [9.17, 15) is 5.11 Å². The van der Waals surface area contributed by atoms with Crippen molar-refractivity contribution in [3.05, 3.63) is 21.4 Å². The van der Waals surface area contributed by atoms with Gasteiger partial charge in [0.25, 0.3) is 0 Å². The predicted molar refractivity (Wildman–Crippen MR) is 84.0 cm³/mol. The molecule has 5 rings (SSSR count). The van der Waals surface area contributed by atoms with Crippen LogP contribution in [0.2, 0.25) is 0 Å². The molecule has 1 N–H and O–H groups in total. The summed E-state index contributed by atoms with van der Waals surface area (Å²) in [6.45, 7) is 4.31. The fraction of sp³-hybridized carbons (Fsp3) is 0.778. The van der Waals surface area contributed by atoms with Crippen molar-refractivity contribution < 1.29 is 5.11 Å². The predicted octanol–water partition coefficient (Wildman–Crippen LogP) is 5.00. The van der Waals surface area contributed by atoms with Crippen LogP contribution in [-0.2, 0) is 0 Å². The molecule has 1 nitrogen and oxygen atoms in total. The van der Waals surface area contributed by atoms with Crippen LogP contribution >= 0.6 is 11.3 Å². The van der Waals surface area contributed by atoms with Crippen LogP contribution in [0.3, 0.4) is 0 Å². The smallest absolute Gasteiger partial charge is 0.0806 e. The highest BCUT2D eigenvalue weighted by Crippen LogP contribution is 2.62. The van der Waals surface area contributed by atoms with Gasteiger partial charge in [-0.15, -0.1) is 11.3 Å². The minimum absolute atomic E-state index is 0.226. The summed E-state index contributed by atoms with van der Waals surface area (Å²) in [5.41, 5.74) is 1.69. The number of aliphatic hydroxyl groups excluding tert-OH is 1. The van der Waals surface area contributed by atoms with Crippen LogP contribution in [0.5, 0.6) is 0 Å². The van der Waals surface area contributed by atoms with Gasteiger partial charge < -0.3 is 5.11 Å². The fourth-order valence-corrected chi connectivity index (χ4v) is 7.02. The largest absolute Gasteiger partial charge is 0.388 e. The third-order valence-corrected chi connectivity index (χ3v) is 7.21. The molecule has 0 amide bonds. The molecule has 1 aromatic rings. The van der Waals surface area contributed by atoms with Crippen LogP contribution in [0.4, 0.5) is 0 Å². The number of rotatable bonds is 3. The summed E-state index contributed by atoms with van der Waals surface area (Å²) in [5.74, 6) is 2.95. The highest BCUT2D eigenvalue weighted by atomic mass is 32.1. The summed E-state index contributed by atoms with van der Waals surface area (Å²) < 4.78 is 0. The molecule has 1 unspecified atom stereocenters. The van der Waals surface area contributed by atoms with Gasteiger partial charge in [0.1, 0.15) is 0 Å². The van der Waals surface area contributed by atoms with E-state index in [1.807, 2.05) is 11.3 Å². The maximum absolute atomic E-state index is 10.8. The van der Waals surface area contributed by atoms with Gasteiger partial charge in [-0.3, -0.25) is 0 Å². The first-order valence-corrected chi connectivity index (χ1v) is 9.10. The number of hydrogen-bond acceptors (Lipinski definition) is 2. The van der Waals surface area contributed by atoms with Crippen molar-refractivity contribution in [2.75, 3.05) is 0 Å². The van der Waals surface area contributed by atoms with E-state index >= 15 is 0 Å². The Morgan fingerprint density at radius 2 is 1.70 bits per heavy atom. The number of hydrogen-bond donors (Lipinski definition) is 1. The Labute approximate surface area is 126 Å². The third kappa shape index (κ3) is 2.16. The molecule has 0 radical (unpaired) electrons. The normalized spacial score (nSPS) is 40.2. The second kappa shape index (κ2) is 4.58. The van der Waals surface area contributed by atoms with E-state index < -0.39 is 0 Å². The lowest BCUT2D eigenvalue weighted by Gasteiger charge is -2.57. The molecular weight excluding hydrogens is 264 g/mol. The number of aryl methyl sites for hydroxylation is 2. The monoisotopic (exact) mass is 290 g/mol. The van der Waals surface area contributed by atoms with Gasteiger partial charge >= 0.3 is 0 Å². The van der Waals surface area contributed by atoms with Gasteiger partial charge in [0, 0.05) is 9.75 Å². The zero-order valence-electron chi connectivity index (χ0n) is 12.7. The Bertz CT molecular complexity index is 480. The Morgan fingerprint density at radius 3 is 2.15 bits per heavy atom. The van der Waals surface area contributed by atoms with Gasteiger partial charge in [0.05, 0.1) is 6.10 Å². The van der Waals surface area contributed by atoms with Crippen LogP contribution < -0.4 is 0 Å². The quantitative estimate of drug-likeness (QED) is 0.830. The molecule has 0 spiro atoms. The van der Waals surface area contributed by atoms with Gasteiger partial charge in [0.2, 0.25) is 0 Å². The highest BCUT2D eigenvalue weighted by Gasteiger charge is 2.51. The van der Waals surface area contributed by atoms with Gasteiger partial charge in [0.15, 0.2) is 0 Å². The van der Waals surface area contributed by atoms with E-state index in [1.54, 1.807) is 0 Å². The van der Waals surface area contributed by atoms with E-state index in [-0.39, 0.29) is 6.10 Å². The Balaban J connectivity index is 1.55. The first-order chi connectivity index (χ1) is 9.53. The first kappa shape index (κ1) is 13.3. The van der Waals surface area contributed by atoms with Crippen molar-refractivity contribution >= 4 is 11.3 Å². The maximum atomic E-state index is 10.8. The molecule has 2 heteroatoms. The molecule has 1 aromatic heterocycles. The van der Waals surface area contributed by atoms with Crippen molar-refractivity contribution in [1.29, 1.82) is 0 Å². The Kier molecular flexibility index (Phi) is 3.05. The summed E-state index contributed by atoms with van der Waals surface area (Å²) >= 11 is 1.83. The SMILES string of the molecule is Cc1cc(C(O)CC23CC4CC(CC(C4)C2)C3)c(C)s1. The topological polar surface area (TPSA) is 20.2 Å². The molecule has 1 atom stereocenters. The van der Waals surface area contributed by atoms with Crippen LogP contribution in [0, 0.1) is 37.0 Å². The molecule has 4 aliphatic rings. The molecule has 0 saturated heterocycles. The molecule has 110 valence electrons. The van der Waals surface area contributed by atoms with E-state index in [4.69, 9.17) is 0 Å². The summed E-state index contributed by atoms with van der Waals surface area (Å²) in [7, 11) is 0. The van der Waals surface area contributed by atoms with E-state index in [0.29, 0.717) is 5.41 Å². The number of aliphatic hydroxyl groups is 1. The second-order valence-electron chi connectivity index (χ2n) is 8.01. The van der Waals surface area contributed by atoms with Crippen LogP contribution in [-0.4, -0.2) is 5.11 Å². The molecule has 20 heavy (non-hydrogen) atoms. The summed E-state index contributed by atoms with van der Waals surface area (Å²) in [5, 5.41) is 10.8. The lowest BCUT2D eigenvalue weighted by Crippen LogP contribution is -2.46. The molecular formula is C18H26OS. The molecule has 4 saturated carbocycles. The molecule has 1 heterocycles. The third-order valence-electron chi connectivity index (χ3n) is 6.23. The molecule has 0 aromatic carbocycles. The Hall–Kier alpha value is -0.340. The Morgan fingerprint density at radius 1 is 1.15 bits per heavy atom. The van der Waals surface area contributed by atoms with Crippen molar-refractivity contribution in [3.8, 4) is 0 Å². The molecule has 4 bridgehead atoms. The molecule has 0 aliphatic heterocycles. The fourth-order valence-electron chi connectivity index (χ4n) is 6.04. The van der Waals surface area contributed by atoms with Crippen LogP contribution in [0.1, 0.15) is 66.4 Å². The zero-order valence-corrected chi connectivity index (χ0v) is 13.5. The van der Waals surface area contributed by atoms with E-state index in [1.165, 1.54) is 53.8 Å². The molecule has 4 aliphatic carbocycles. The van der Waals surface area contributed by atoms with Gasteiger partial charge in [-0.25, -0.2) is 0 Å². The number of thiophene rings is 1. The van der Waals surface area contributed by atoms with Crippen molar-refractivity contribution in [1.82, 2.24) is 0 Å². The highest BCUT2D eigenvalue weighted by molar-refractivity contribution is 7.12. The standard InChI is InChI=1S/C18H26OS/c1-11-3-16(12(2)20-11)17(19)10-18-7-13-4-14(8-18)6-15(5-13)9-18/h3,13-15,17,19H,4-10H2,1-2H3. The van der Waals surface area contributed by atoms with Gasteiger partial charge in [-0.2, -0.15) is 0 Å². The van der Waals surface area contributed by atoms with Crippen molar-refractivity contribution in [2.45, 2.75) is 64.9 Å². The first-order valence-electron chi connectivity index (χ1n) is 8.28. The minimum Gasteiger partial charge on any atom is -0.388 e. The van der Waals surface area contributed by atoms with Gasteiger partial charge in [-0.05, 0) is 93.6 Å². The summed E-state index contributed by atoms with van der Waals surface area (Å²) in [6.07, 6.45) is 9.47. The lowest BCUT2D eigenvalue weighted by molar-refractivity contribution is -0.0764.